The maximum absolute atomic E-state index is 13.0. The Hall–Kier alpha value is -2.79. The van der Waals surface area contributed by atoms with Gasteiger partial charge in [0.1, 0.15) is 5.75 Å². The molecule has 0 spiro atoms. The average molecular weight is 617 g/mol. The van der Waals surface area contributed by atoms with E-state index in [0.29, 0.717) is 49.0 Å². The number of sulfonamides is 1. The molecule has 1 aliphatic heterocycles. The highest BCUT2D eigenvalue weighted by molar-refractivity contribution is 9.10. The summed E-state index contributed by atoms with van der Waals surface area (Å²) < 4.78 is 34.1. The molecule has 0 saturated carbocycles. The van der Waals surface area contributed by atoms with Crippen molar-refractivity contribution in [3.05, 3.63) is 88.4 Å². The summed E-state index contributed by atoms with van der Waals surface area (Å²) in [5.74, 6) is 0.571. The van der Waals surface area contributed by atoms with Crippen molar-refractivity contribution in [2.75, 3.05) is 25.0 Å². The number of carbonyl (C=O) groups excluding carboxylic acids is 1. The number of hydrogen-bond acceptors (Lipinski definition) is 5. The van der Waals surface area contributed by atoms with E-state index < -0.39 is 15.9 Å². The molecule has 10 heteroatoms. The fraction of sp³-hybridized carbons (Fsp3) is 0.286. The van der Waals surface area contributed by atoms with Crippen LogP contribution in [-0.2, 0) is 16.4 Å². The zero-order chi connectivity index (χ0) is 27.1. The van der Waals surface area contributed by atoms with Gasteiger partial charge in [-0.25, -0.2) is 8.42 Å². The maximum atomic E-state index is 13.0. The lowest BCUT2D eigenvalue weighted by atomic mass is 10.0. The van der Waals surface area contributed by atoms with Crippen LogP contribution in [0.25, 0.3) is 0 Å². The van der Waals surface area contributed by atoms with E-state index in [4.69, 9.17) is 17.0 Å². The molecular weight excluding hydrogens is 586 g/mol. The first kappa shape index (κ1) is 28.2. The SMILES string of the molecule is CC1CCN(S(=O)(=O)c2ccc(NC(=S)NC(=O)c3cc(Br)ccc3OCCc3ccccc3)cc2)CC1. The number of anilines is 1. The first-order valence-corrected chi connectivity index (χ1v) is 15.1. The summed E-state index contributed by atoms with van der Waals surface area (Å²) >= 11 is 8.74. The lowest BCUT2D eigenvalue weighted by Crippen LogP contribution is -2.37. The van der Waals surface area contributed by atoms with Crippen molar-refractivity contribution in [2.24, 2.45) is 5.92 Å². The van der Waals surface area contributed by atoms with Crippen molar-refractivity contribution >= 4 is 54.9 Å². The number of rotatable bonds is 8. The minimum atomic E-state index is -3.54. The third-order valence-electron chi connectivity index (χ3n) is 6.40. The van der Waals surface area contributed by atoms with Gasteiger partial charge in [0.2, 0.25) is 10.0 Å². The van der Waals surface area contributed by atoms with Crippen LogP contribution in [0.1, 0.15) is 35.7 Å². The molecule has 0 radical (unpaired) electrons. The minimum absolute atomic E-state index is 0.0887. The number of nitrogens with zero attached hydrogens (tertiary/aromatic N) is 1. The Kier molecular flexibility index (Phi) is 9.54. The lowest BCUT2D eigenvalue weighted by molar-refractivity contribution is 0.0973. The van der Waals surface area contributed by atoms with Crippen molar-refractivity contribution in [3.8, 4) is 5.75 Å². The molecule has 0 bridgehead atoms. The predicted molar refractivity (Wildman–Crippen MR) is 157 cm³/mol. The van der Waals surface area contributed by atoms with Gasteiger partial charge in [0.25, 0.3) is 5.91 Å². The number of thiocarbonyl (C=S) groups is 1. The monoisotopic (exact) mass is 615 g/mol. The third kappa shape index (κ3) is 7.41. The normalized spacial score (nSPS) is 14.6. The van der Waals surface area contributed by atoms with Gasteiger partial charge in [0.15, 0.2) is 5.11 Å². The van der Waals surface area contributed by atoms with Crippen molar-refractivity contribution in [1.29, 1.82) is 0 Å². The summed E-state index contributed by atoms with van der Waals surface area (Å²) in [6.07, 6.45) is 2.44. The first-order valence-electron chi connectivity index (χ1n) is 12.4. The predicted octanol–water partition coefficient (Wildman–Crippen LogP) is 5.62. The van der Waals surface area contributed by atoms with Crippen LogP contribution in [0.2, 0.25) is 0 Å². The van der Waals surface area contributed by atoms with Crippen LogP contribution >= 0.6 is 28.1 Å². The molecule has 3 aromatic carbocycles. The van der Waals surface area contributed by atoms with E-state index >= 15 is 0 Å². The zero-order valence-electron chi connectivity index (χ0n) is 21.0. The van der Waals surface area contributed by atoms with Gasteiger partial charge < -0.3 is 10.1 Å². The Labute approximate surface area is 237 Å². The Bertz CT molecular complexity index is 1370. The van der Waals surface area contributed by atoms with E-state index in [9.17, 15) is 13.2 Å². The van der Waals surface area contributed by atoms with Gasteiger partial charge in [-0.1, -0.05) is 53.2 Å². The number of benzene rings is 3. The molecule has 0 aliphatic carbocycles. The van der Waals surface area contributed by atoms with E-state index in [1.54, 1.807) is 36.4 Å². The molecule has 1 aliphatic rings. The van der Waals surface area contributed by atoms with Crippen LogP contribution in [0.4, 0.5) is 5.69 Å². The maximum Gasteiger partial charge on any atom is 0.261 e. The molecule has 3 aromatic rings. The van der Waals surface area contributed by atoms with Crippen LogP contribution in [0, 0.1) is 5.92 Å². The summed E-state index contributed by atoms with van der Waals surface area (Å²) in [6, 6.07) is 21.6. The van der Waals surface area contributed by atoms with Gasteiger partial charge in [-0.3, -0.25) is 10.1 Å². The van der Waals surface area contributed by atoms with Gasteiger partial charge in [0.05, 0.1) is 17.1 Å². The van der Waals surface area contributed by atoms with E-state index in [1.165, 1.54) is 4.31 Å². The van der Waals surface area contributed by atoms with Crippen LogP contribution in [0.3, 0.4) is 0 Å². The summed E-state index contributed by atoms with van der Waals surface area (Å²) in [6.45, 7) is 3.63. The molecule has 4 rings (SSSR count). The molecule has 0 unspecified atom stereocenters. The zero-order valence-corrected chi connectivity index (χ0v) is 24.2. The van der Waals surface area contributed by atoms with Crippen LogP contribution < -0.4 is 15.4 Å². The van der Waals surface area contributed by atoms with Crippen molar-refractivity contribution in [2.45, 2.75) is 31.1 Å². The van der Waals surface area contributed by atoms with Gasteiger partial charge in [-0.2, -0.15) is 4.31 Å². The molecule has 1 saturated heterocycles. The molecule has 2 N–H and O–H groups in total. The number of carbonyl (C=O) groups is 1. The summed E-state index contributed by atoms with van der Waals surface area (Å²) in [5, 5.41) is 5.71. The van der Waals surface area contributed by atoms with Crippen molar-refractivity contribution in [1.82, 2.24) is 9.62 Å². The molecule has 1 fully saturated rings. The Morgan fingerprint density at radius 3 is 2.42 bits per heavy atom. The molecule has 38 heavy (non-hydrogen) atoms. The molecule has 1 amide bonds. The molecule has 0 aromatic heterocycles. The Morgan fingerprint density at radius 1 is 1.05 bits per heavy atom. The molecule has 7 nitrogen and oxygen atoms in total. The quantitative estimate of drug-likeness (QED) is 0.320. The Morgan fingerprint density at radius 2 is 1.74 bits per heavy atom. The average Bonchev–Trinajstić information content (AvgIpc) is 2.90. The first-order chi connectivity index (χ1) is 18.2. The number of piperidine rings is 1. The number of halogens is 1. The number of nitrogens with one attached hydrogen (secondary N) is 2. The Balaban J connectivity index is 1.35. The van der Waals surface area contributed by atoms with E-state index in [2.05, 4.69) is 33.5 Å². The lowest BCUT2D eigenvalue weighted by Gasteiger charge is -2.29. The fourth-order valence-electron chi connectivity index (χ4n) is 4.15. The van der Waals surface area contributed by atoms with Crippen LogP contribution in [-0.4, -0.2) is 43.4 Å². The second-order valence-corrected chi connectivity index (χ2v) is 12.5. The highest BCUT2D eigenvalue weighted by Gasteiger charge is 2.28. The number of amides is 1. The van der Waals surface area contributed by atoms with Gasteiger partial charge in [0, 0.05) is 29.7 Å². The topological polar surface area (TPSA) is 87.7 Å². The molecule has 200 valence electrons. The van der Waals surface area contributed by atoms with Crippen LogP contribution in [0.5, 0.6) is 5.75 Å². The van der Waals surface area contributed by atoms with E-state index in [1.807, 2.05) is 36.4 Å². The standard InChI is InChI=1S/C28H30BrN3O4S2/c1-20-13-16-32(17-14-20)38(34,35)24-10-8-23(9-11-24)30-28(37)31-27(33)25-19-22(29)7-12-26(25)36-18-15-21-5-3-2-4-6-21/h2-12,19-20H,13-18H2,1H3,(H2,30,31,33,37). The second kappa shape index (κ2) is 12.8. The third-order valence-corrected chi connectivity index (χ3v) is 9.01. The number of hydrogen-bond donors (Lipinski definition) is 2. The van der Waals surface area contributed by atoms with Crippen molar-refractivity contribution in [3.63, 3.8) is 0 Å². The fourth-order valence-corrected chi connectivity index (χ4v) is 6.19. The number of ether oxygens (including phenoxy) is 1. The van der Waals surface area contributed by atoms with Crippen molar-refractivity contribution < 1.29 is 17.9 Å². The summed E-state index contributed by atoms with van der Waals surface area (Å²) in [7, 11) is -3.54. The van der Waals surface area contributed by atoms with Gasteiger partial charge in [-0.15, -0.1) is 0 Å². The molecular formula is C28H30BrN3O4S2. The van der Waals surface area contributed by atoms with Crippen LogP contribution in [0.15, 0.2) is 82.2 Å². The summed E-state index contributed by atoms with van der Waals surface area (Å²) in [4.78, 5) is 13.2. The second-order valence-electron chi connectivity index (χ2n) is 9.24. The smallest absolute Gasteiger partial charge is 0.261 e. The highest BCUT2D eigenvalue weighted by Crippen LogP contribution is 2.25. The van der Waals surface area contributed by atoms with Gasteiger partial charge >= 0.3 is 0 Å². The summed E-state index contributed by atoms with van der Waals surface area (Å²) in [5.41, 5.74) is 2.05. The van der Waals surface area contributed by atoms with E-state index in [0.717, 1.165) is 22.9 Å². The molecule has 0 atom stereocenters. The minimum Gasteiger partial charge on any atom is -0.492 e. The largest absolute Gasteiger partial charge is 0.492 e. The van der Waals surface area contributed by atoms with E-state index in [-0.39, 0.29) is 10.0 Å². The van der Waals surface area contributed by atoms with Gasteiger partial charge in [-0.05, 0) is 79.0 Å². The highest BCUT2D eigenvalue weighted by atomic mass is 79.9. The molecule has 1 heterocycles.